The molecule has 0 radical (unpaired) electrons. The number of ether oxygens (including phenoxy) is 3. The third kappa shape index (κ3) is 51.5. The van der Waals surface area contributed by atoms with Gasteiger partial charge >= 0.3 is 11.9 Å². The summed E-state index contributed by atoms with van der Waals surface area (Å²) in [5.41, 5.74) is 0. The quantitative estimate of drug-likeness (QED) is 0.0346. The molecule has 0 amide bonds. The number of rotatable bonds is 48. The Labute approximate surface area is 396 Å². The molecule has 0 spiro atoms. The second-order valence-corrected chi connectivity index (χ2v) is 17.4. The van der Waals surface area contributed by atoms with Crippen LogP contribution in [0.15, 0.2) is 97.2 Å². The summed E-state index contributed by atoms with van der Waals surface area (Å²) in [5.74, 6) is -0.451. The van der Waals surface area contributed by atoms with E-state index in [1.807, 2.05) is 0 Å². The molecule has 0 aliphatic rings. The van der Waals surface area contributed by atoms with Crippen LogP contribution in [0.25, 0.3) is 0 Å². The van der Waals surface area contributed by atoms with E-state index in [0.29, 0.717) is 19.4 Å². The van der Waals surface area contributed by atoms with Gasteiger partial charge in [0.2, 0.25) is 0 Å². The first-order chi connectivity index (χ1) is 31.6. The van der Waals surface area contributed by atoms with E-state index < -0.39 is 6.10 Å². The van der Waals surface area contributed by atoms with Crippen LogP contribution in [-0.4, -0.2) is 37.9 Å². The average molecular weight is 889 g/mol. The van der Waals surface area contributed by atoms with E-state index in [1.54, 1.807) is 0 Å². The summed E-state index contributed by atoms with van der Waals surface area (Å²) in [6.45, 7) is 7.58. The largest absolute Gasteiger partial charge is 0.462 e. The molecule has 0 aromatic carbocycles. The van der Waals surface area contributed by atoms with Crippen LogP contribution in [0, 0.1) is 0 Å². The zero-order chi connectivity index (χ0) is 46.3. The maximum Gasteiger partial charge on any atom is 0.306 e. The van der Waals surface area contributed by atoms with Gasteiger partial charge in [-0.25, -0.2) is 0 Å². The molecule has 1 unspecified atom stereocenters. The Morgan fingerprint density at radius 2 is 0.734 bits per heavy atom. The first-order valence-corrected chi connectivity index (χ1v) is 26.8. The lowest BCUT2D eigenvalue weighted by atomic mass is 10.1. The third-order valence-corrected chi connectivity index (χ3v) is 11.1. The van der Waals surface area contributed by atoms with Crippen LogP contribution >= 0.6 is 0 Å². The van der Waals surface area contributed by atoms with Gasteiger partial charge in [-0.05, 0) is 116 Å². The highest BCUT2D eigenvalue weighted by molar-refractivity contribution is 5.70. The van der Waals surface area contributed by atoms with Gasteiger partial charge in [0, 0.05) is 19.4 Å². The average Bonchev–Trinajstić information content (AvgIpc) is 3.30. The van der Waals surface area contributed by atoms with Gasteiger partial charge in [0.05, 0.1) is 6.61 Å². The number of unbranched alkanes of at least 4 members (excludes halogenated alkanes) is 21. The fraction of sp³-hybridized carbons (Fsp3) is 0.695. The lowest BCUT2D eigenvalue weighted by Gasteiger charge is -2.18. The van der Waals surface area contributed by atoms with E-state index in [9.17, 15) is 9.59 Å². The molecule has 0 aromatic heterocycles. The Hall–Kier alpha value is -3.18. The molecule has 5 heteroatoms. The fourth-order valence-electron chi connectivity index (χ4n) is 7.10. The van der Waals surface area contributed by atoms with Crippen LogP contribution in [0.4, 0.5) is 0 Å². The highest BCUT2D eigenvalue weighted by Gasteiger charge is 2.17. The van der Waals surface area contributed by atoms with Gasteiger partial charge in [0.1, 0.15) is 6.61 Å². The maximum atomic E-state index is 12.8. The lowest BCUT2D eigenvalue weighted by Crippen LogP contribution is -2.30. The second-order valence-electron chi connectivity index (χ2n) is 17.4. The standard InChI is InChI=1S/C59H100O5/c1-4-7-10-13-16-19-22-25-28-29-30-31-33-34-37-40-43-46-49-52-58(60)63-56-57(55-62-54-51-48-45-42-39-36-27-24-21-18-15-12-9-6-3)64-59(61)53-50-47-44-41-38-35-32-26-23-20-17-14-11-8-5-2/h7,10,12,15-16,19,21,24-26,28,30-32,34,37,57H,4-6,8-9,11,13-14,17-18,20,22-23,27,29,33,35-36,38-56H2,1-3H3/b10-7-,15-12-,19-16-,24-21-,28-25-,31-30-,32-26-,37-34-. The summed E-state index contributed by atoms with van der Waals surface area (Å²) >= 11 is 0. The predicted octanol–water partition coefficient (Wildman–Crippen LogP) is 18.2. The molecule has 0 bridgehead atoms. The Morgan fingerprint density at radius 3 is 1.22 bits per heavy atom. The first kappa shape index (κ1) is 60.8. The molecular formula is C59H100O5. The van der Waals surface area contributed by atoms with Crippen molar-refractivity contribution in [3.8, 4) is 0 Å². The molecule has 0 rings (SSSR count). The van der Waals surface area contributed by atoms with E-state index in [-0.39, 0.29) is 25.2 Å². The smallest absolute Gasteiger partial charge is 0.306 e. The van der Waals surface area contributed by atoms with Crippen LogP contribution < -0.4 is 0 Å². The molecule has 366 valence electrons. The maximum absolute atomic E-state index is 12.8. The molecule has 0 aliphatic heterocycles. The van der Waals surface area contributed by atoms with Crippen molar-refractivity contribution in [1.82, 2.24) is 0 Å². The van der Waals surface area contributed by atoms with Crippen LogP contribution in [0.3, 0.4) is 0 Å². The molecule has 0 fully saturated rings. The molecule has 0 heterocycles. The zero-order valence-electron chi connectivity index (χ0n) is 42.0. The SMILES string of the molecule is CC/C=C\C/C=C\C/C=C\C/C=C\C/C=C\CCCCCC(=O)OCC(COCCCCCCCC/C=C\C/C=C\CCC)OC(=O)CCCCCCC/C=C\CCCCCCCC. The number of carbonyl (C=O) groups is 2. The molecular weight excluding hydrogens is 789 g/mol. The Balaban J connectivity index is 4.37. The molecule has 1 atom stereocenters. The number of hydrogen-bond donors (Lipinski definition) is 0. The van der Waals surface area contributed by atoms with Gasteiger partial charge in [0.15, 0.2) is 6.10 Å². The number of carbonyl (C=O) groups excluding carboxylic acids is 2. The summed E-state index contributed by atoms with van der Waals surface area (Å²) in [4.78, 5) is 25.4. The Bertz CT molecular complexity index is 1230. The molecule has 0 saturated carbocycles. The zero-order valence-corrected chi connectivity index (χ0v) is 42.0. The van der Waals surface area contributed by atoms with E-state index in [4.69, 9.17) is 14.2 Å². The van der Waals surface area contributed by atoms with E-state index in [1.165, 1.54) is 103 Å². The van der Waals surface area contributed by atoms with E-state index in [2.05, 4.69) is 118 Å². The number of hydrogen-bond acceptors (Lipinski definition) is 5. The fourth-order valence-corrected chi connectivity index (χ4v) is 7.10. The van der Waals surface area contributed by atoms with Crippen molar-refractivity contribution in [3.63, 3.8) is 0 Å². The normalized spacial score (nSPS) is 13.0. The predicted molar refractivity (Wildman–Crippen MR) is 279 cm³/mol. The summed E-state index contributed by atoms with van der Waals surface area (Å²) in [6.07, 6.45) is 72.7. The molecule has 0 saturated heterocycles. The van der Waals surface area contributed by atoms with Gasteiger partial charge in [-0.1, -0.05) is 208 Å². The molecule has 5 nitrogen and oxygen atoms in total. The summed E-state index contributed by atoms with van der Waals surface area (Å²) in [5, 5.41) is 0. The molecule has 64 heavy (non-hydrogen) atoms. The van der Waals surface area contributed by atoms with Gasteiger partial charge < -0.3 is 14.2 Å². The van der Waals surface area contributed by atoms with Crippen LogP contribution in [0.2, 0.25) is 0 Å². The highest BCUT2D eigenvalue weighted by Crippen LogP contribution is 2.13. The Kier molecular flexibility index (Phi) is 51.5. The first-order valence-electron chi connectivity index (χ1n) is 26.8. The van der Waals surface area contributed by atoms with Crippen LogP contribution in [0.1, 0.15) is 239 Å². The molecule has 0 N–H and O–H groups in total. The van der Waals surface area contributed by atoms with E-state index >= 15 is 0 Å². The monoisotopic (exact) mass is 889 g/mol. The molecule has 0 aliphatic carbocycles. The van der Waals surface area contributed by atoms with Gasteiger partial charge in [-0.3, -0.25) is 9.59 Å². The highest BCUT2D eigenvalue weighted by atomic mass is 16.6. The van der Waals surface area contributed by atoms with Crippen molar-refractivity contribution < 1.29 is 23.8 Å². The number of allylic oxidation sites excluding steroid dienone is 16. The number of esters is 2. The van der Waals surface area contributed by atoms with Crippen molar-refractivity contribution in [2.45, 2.75) is 245 Å². The van der Waals surface area contributed by atoms with Crippen molar-refractivity contribution in [1.29, 1.82) is 0 Å². The minimum Gasteiger partial charge on any atom is -0.462 e. The lowest BCUT2D eigenvalue weighted by molar-refractivity contribution is -0.163. The third-order valence-electron chi connectivity index (χ3n) is 11.1. The summed E-state index contributed by atoms with van der Waals surface area (Å²) < 4.78 is 17.4. The van der Waals surface area contributed by atoms with Gasteiger partial charge in [0.25, 0.3) is 0 Å². The second kappa shape index (κ2) is 54.2. The topological polar surface area (TPSA) is 61.8 Å². The minimum absolute atomic E-state index is 0.0560. The summed E-state index contributed by atoms with van der Waals surface area (Å²) in [6, 6.07) is 0. The molecule has 0 aromatic rings. The van der Waals surface area contributed by atoms with E-state index in [0.717, 1.165) is 103 Å². The Morgan fingerprint density at radius 1 is 0.359 bits per heavy atom. The van der Waals surface area contributed by atoms with Crippen LogP contribution in [-0.2, 0) is 23.8 Å². The van der Waals surface area contributed by atoms with Crippen molar-refractivity contribution in [3.05, 3.63) is 97.2 Å². The summed E-state index contributed by atoms with van der Waals surface area (Å²) in [7, 11) is 0. The van der Waals surface area contributed by atoms with Crippen molar-refractivity contribution in [2.24, 2.45) is 0 Å². The van der Waals surface area contributed by atoms with Crippen molar-refractivity contribution >= 4 is 11.9 Å². The minimum atomic E-state index is -0.565. The van der Waals surface area contributed by atoms with Gasteiger partial charge in [-0.2, -0.15) is 0 Å². The van der Waals surface area contributed by atoms with Crippen molar-refractivity contribution in [2.75, 3.05) is 19.8 Å². The van der Waals surface area contributed by atoms with Crippen LogP contribution in [0.5, 0.6) is 0 Å². The van der Waals surface area contributed by atoms with Gasteiger partial charge in [-0.15, -0.1) is 0 Å².